The van der Waals surface area contributed by atoms with Crippen LogP contribution in [-0.2, 0) is 17.6 Å². The number of aromatic nitrogens is 6. The van der Waals surface area contributed by atoms with Gasteiger partial charge in [0, 0.05) is 55.9 Å². The highest BCUT2D eigenvalue weighted by atomic mass is 19.1. The summed E-state index contributed by atoms with van der Waals surface area (Å²) in [4.78, 5) is 14.1. The fraction of sp³-hybridized carbons (Fsp3) is 0.321. The first-order valence-corrected chi connectivity index (χ1v) is 12.8. The van der Waals surface area contributed by atoms with E-state index >= 15 is 0 Å². The molecule has 0 unspecified atom stereocenters. The fourth-order valence-corrected chi connectivity index (χ4v) is 5.45. The third-order valence-electron chi connectivity index (χ3n) is 7.42. The second kappa shape index (κ2) is 9.58. The molecule has 202 valence electrons. The zero-order valence-corrected chi connectivity index (χ0v) is 22.1. The Kier molecular flexibility index (Phi) is 6.19. The summed E-state index contributed by atoms with van der Waals surface area (Å²) in [7, 11) is 1.31. The van der Waals surface area contributed by atoms with Gasteiger partial charge in [0.05, 0.1) is 28.8 Å². The maximum Gasteiger partial charge on any atom is 0.338 e. The van der Waals surface area contributed by atoms with Crippen LogP contribution in [0.3, 0.4) is 0 Å². The molecule has 0 radical (unpaired) electrons. The molecule has 0 saturated heterocycles. The smallest absolute Gasteiger partial charge is 0.338 e. The van der Waals surface area contributed by atoms with E-state index in [1.807, 2.05) is 13.0 Å². The molecule has 5 aromatic rings. The molecule has 6 rings (SSSR count). The second-order valence-corrected chi connectivity index (χ2v) is 10.0. The van der Waals surface area contributed by atoms with Gasteiger partial charge in [-0.2, -0.15) is 10.2 Å². The van der Waals surface area contributed by atoms with Crippen molar-refractivity contribution in [2.45, 2.75) is 46.0 Å². The quantitative estimate of drug-likeness (QED) is 0.342. The largest absolute Gasteiger partial charge is 0.351 e. The molecule has 0 bridgehead atoms. The Morgan fingerprint density at radius 1 is 1.15 bits per heavy atom. The van der Waals surface area contributed by atoms with Gasteiger partial charge in [-0.3, -0.25) is 14.2 Å². The standard InChI is InChI=1S/C28H29F2N7O2/c1-15-9-20(10-16(2)26(15)30)37-27(25-17(3)31-6-5-21(25)34-37)36-8-7-35(28(36)38)23-12-19-14-32-33-22(19)11-18(23)13-24(29)39-4/h7-12,14,17,24,31H,5-6,13H2,1-4H3,(H,32,33)/t17-,24+/m0/s1. The number of imidazole rings is 1. The van der Waals surface area contributed by atoms with Gasteiger partial charge in [0.25, 0.3) is 0 Å². The summed E-state index contributed by atoms with van der Waals surface area (Å²) in [5.41, 5.74) is 4.98. The summed E-state index contributed by atoms with van der Waals surface area (Å²) >= 11 is 0. The molecular weight excluding hydrogens is 504 g/mol. The van der Waals surface area contributed by atoms with E-state index in [0.29, 0.717) is 40.3 Å². The topological polar surface area (TPSA) is 94.7 Å². The lowest BCUT2D eigenvalue weighted by atomic mass is 10.0. The number of ether oxygens (including phenoxy) is 1. The fourth-order valence-electron chi connectivity index (χ4n) is 5.45. The lowest BCUT2D eigenvalue weighted by Crippen LogP contribution is -2.30. The van der Waals surface area contributed by atoms with E-state index in [2.05, 4.69) is 15.5 Å². The van der Waals surface area contributed by atoms with Crippen LogP contribution in [0.1, 0.15) is 40.9 Å². The summed E-state index contributed by atoms with van der Waals surface area (Å²) in [6.07, 6.45) is 4.14. The number of halogens is 2. The summed E-state index contributed by atoms with van der Waals surface area (Å²) in [6, 6.07) is 7.02. The summed E-state index contributed by atoms with van der Waals surface area (Å²) in [6.45, 7) is 6.23. The first-order chi connectivity index (χ1) is 18.8. The predicted octanol–water partition coefficient (Wildman–Crippen LogP) is 4.14. The summed E-state index contributed by atoms with van der Waals surface area (Å²) in [5, 5.41) is 16.1. The van der Waals surface area contributed by atoms with Gasteiger partial charge in [0.15, 0.2) is 0 Å². The number of benzene rings is 2. The van der Waals surface area contributed by atoms with Gasteiger partial charge in [0.2, 0.25) is 6.36 Å². The Balaban J connectivity index is 1.57. The van der Waals surface area contributed by atoms with Gasteiger partial charge in [-0.25, -0.2) is 18.3 Å². The van der Waals surface area contributed by atoms with E-state index in [0.717, 1.165) is 28.7 Å². The van der Waals surface area contributed by atoms with Crippen molar-refractivity contribution in [3.05, 3.63) is 87.1 Å². The van der Waals surface area contributed by atoms with Crippen LogP contribution in [0.2, 0.25) is 0 Å². The van der Waals surface area contributed by atoms with E-state index in [4.69, 9.17) is 9.84 Å². The predicted molar refractivity (Wildman–Crippen MR) is 143 cm³/mol. The monoisotopic (exact) mass is 533 g/mol. The molecule has 0 aliphatic carbocycles. The summed E-state index contributed by atoms with van der Waals surface area (Å²) in [5.74, 6) is 0.324. The SMILES string of the molecule is CO[C@@H](F)Cc1cc2[nH]ncc2cc1-n1ccn(-c2c3c(nn2-c2cc(C)c(F)c(C)c2)CCN[C@H]3C)c1=O. The number of H-pyrrole nitrogens is 1. The first-order valence-electron chi connectivity index (χ1n) is 12.8. The minimum Gasteiger partial charge on any atom is -0.351 e. The number of hydrogen-bond acceptors (Lipinski definition) is 5. The number of methoxy groups -OCH3 is 1. The van der Waals surface area contributed by atoms with Crippen LogP contribution < -0.4 is 11.0 Å². The molecule has 2 aromatic carbocycles. The molecule has 4 heterocycles. The van der Waals surface area contributed by atoms with Crippen LogP contribution in [0.25, 0.3) is 28.1 Å². The van der Waals surface area contributed by atoms with Crippen LogP contribution in [0, 0.1) is 19.7 Å². The number of aromatic amines is 1. The molecule has 9 nitrogen and oxygen atoms in total. The molecule has 1 aliphatic heterocycles. The van der Waals surface area contributed by atoms with Crippen LogP contribution in [0.15, 0.2) is 47.7 Å². The maximum atomic E-state index is 14.5. The van der Waals surface area contributed by atoms with Crippen molar-refractivity contribution in [2.24, 2.45) is 0 Å². The molecule has 11 heteroatoms. The lowest BCUT2D eigenvalue weighted by Gasteiger charge is -2.21. The lowest BCUT2D eigenvalue weighted by molar-refractivity contribution is -0.00358. The molecule has 0 spiro atoms. The van der Waals surface area contributed by atoms with E-state index in [9.17, 15) is 13.6 Å². The number of hydrogen-bond donors (Lipinski definition) is 2. The average Bonchev–Trinajstić information content (AvgIpc) is 3.63. The molecule has 0 fully saturated rings. The zero-order valence-electron chi connectivity index (χ0n) is 22.1. The third kappa shape index (κ3) is 4.18. The highest BCUT2D eigenvalue weighted by Gasteiger charge is 2.29. The van der Waals surface area contributed by atoms with Gasteiger partial charge in [-0.15, -0.1) is 0 Å². The van der Waals surface area contributed by atoms with Crippen molar-refractivity contribution >= 4 is 10.9 Å². The van der Waals surface area contributed by atoms with Crippen molar-refractivity contribution in [1.29, 1.82) is 0 Å². The summed E-state index contributed by atoms with van der Waals surface area (Å²) < 4.78 is 38.5. The molecule has 2 N–H and O–H groups in total. The first kappa shape index (κ1) is 25.2. The Morgan fingerprint density at radius 2 is 1.90 bits per heavy atom. The third-order valence-corrected chi connectivity index (χ3v) is 7.42. The molecular formula is C28H29F2N7O2. The van der Waals surface area contributed by atoms with E-state index in [1.54, 1.807) is 59.9 Å². The van der Waals surface area contributed by atoms with Crippen molar-refractivity contribution in [2.75, 3.05) is 13.7 Å². The van der Waals surface area contributed by atoms with Crippen LogP contribution in [0.4, 0.5) is 8.78 Å². The van der Waals surface area contributed by atoms with Crippen molar-refractivity contribution in [3.63, 3.8) is 0 Å². The van der Waals surface area contributed by atoms with E-state index in [1.165, 1.54) is 11.7 Å². The normalized spacial score (nSPS) is 16.1. The number of rotatable bonds is 6. The van der Waals surface area contributed by atoms with E-state index in [-0.39, 0.29) is 24.0 Å². The maximum absolute atomic E-state index is 14.5. The average molecular weight is 534 g/mol. The number of fused-ring (bicyclic) bond motifs is 2. The zero-order chi connectivity index (χ0) is 27.4. The molecule has 0 saturated carbocycles. The molecule has 2 atom stereocenters. The van der Waals surface area contributed by atoms with Gasteiger partial charge < -0.3 is 10.1 Å². The molecule has 0 amide bonds. The Morgan fingerprint density at radius 3 is 2.64 bits per heavy atom. The number of nitrogens with zero attached hydrogens (tertiary/aromatic N) is 5. The van der Waals surface area contributed by atoms with Crippen molar-refractivity contribution < 1.29 is 13.5 Å². The highest BCUT2D eigenvalue weighted by Crippen LogP contribution is 2.32. The minimum absolute atomic E-state index is 0.0408. The highest BCUT2D eigenvalue weighted by molar-refractivity contribution is 5.81. The Labute approximate surface area is 223 Å². The molecule has 1 aliphatic rings. The second-order valence-electron chi connectivity index (χ2n) is 10.0. The van der Waals surface area contributed by atoms with E-state index < -0.39 is 6.36 Å². The van der Waals surface area contributed by atoms with Crippen LogP contribution in [-0.4, -0.2) is 49.1 Å². The Hall–Kier alpha value is -4.09. The van der Waals surface area contributed by atoms with Crippen LogP contribution in [0.5, 0.6) is 0 Å². The van der Waals surface area contributed by atoms with Crippen LogP contribution >= 0.6 is 0 Å². The Bertz CT molecular complexity index is 1740. The number of alkyl halides is 1. The minimum atomic E-state index is -1.53. The number of aryl methyl sites for hydroxylation is 2. The van der Waals surface area contributed by atoms with Gasteiger partial charge in [0.1, 0.15) is 11.6 Å². The van der Waals surface area contributed by atoms with Gasteiger partial charge in [-0.1, -0.05) is 0 Å². The van der Waals surface area contributed by atoms with Crippen molar-refractivity contribution in [1.82, 2.24) is 34.4 Å². The molecule has 39 heavy (non-hydrogen) atoms. The van der Waals surface area contributed by atoms with Gasteiger partial charge >= 0.3 is 5.69 Å². The van der Waals surface area contributed by atoms with Crippen molar-refractivity contribution in [3.8, 4) is 17.2 Å². The molecule has 3 aromatic heterocycles. The van der Waals surface area contributed by atoms with Gasteiger partial charge in [-0.05, 0) is 61.7 Å². The number of nitrogens with one attached hydrogen (secondary N) is 2.